The second-order valence-corrected chi connectivity index (χ2v) is 8.21. The van der Waals surface area contributed by atoms with Crippen LogP contribution in [-0.4, -0.2) is 31.8 Å². The van der Waals surface area contributed by atoms with Crippen LogP contribution in [0, 0.1) is 0 Å². The molecule has 7 heteroatoms. The Morgan fingerprint density at radius 2 is 1.75 bits per heavy atom. The van der Waals surface area contributed by atoms with Gasteiger partial charge in [0.25, 0.3) is 0 Å². The van der Waals surface area contributed by atoms with Crippen LogP contribution < -0.4 is 20.1 Å². The Bertz CT molecular complexity index is 1220. The molecule has 0 bridgehead atoms. The molecule has 2 amide bonds. The quantitative estimate of drug-likeness (QED) is 0.300. The van der Waals surface area contributed by atoms with Gasteiger partial charge in [-0.2, -0.15) is 0 Å². The average molecular weight is 494 g/mol. The number of fused-ring (bicyclic) bond motifs is 1. The van der Waals surface area contributed by atoms with Crippen LogP contribution in [0.1, 0.15) is 17.0 Å². The summed E-state index contributed by atoms with van der Waals surface area (Å²) in [7, 11) is 3.23. The molecule has 4 rings (SSSR count). The Hall–Kier alpha value is -3.45. The standard InChI is InChI=1S/C25H24BrN3O3/c1-31-23-12-7-16(13-24(23)32-2)20(21-15-27-22-6-4-3-5-19(21)22)14-28-25(30)29-18-10-8-17(26)9-11-18/h3-13,15,20,27H,14H2,1-2H3,(H2,28,29,30)/t20-/m0/s1. The van der Waals surface area contributed by atoms with Crippen LogP contribution in [0.15, 0.2) is 77.4 Å². The summed E-state index contributed by atoms with van der Waals surface area (Å²) in [6.45, 7) is 0.402. The predicted octanol–water partition coefficient (Wildman–Crippen LogP) is 5.90. The lowest BCUT2D eigenvalue weighted by Gasteiger charge is -2.20. The van der Waals surface area contributed by atoms with Gasteiger partial charge >= 0.3 is 6.03 Å². The molecular formula is C25H24BrN3O3. The van der Waals surface area contributed by atoms with Crippen LogP contribution >= 0.6 is 15.9 Å². The summed E-state index contributed by atoms with van der Waals surface area (Å²) in [5.74, 6) is 1.21. The van der Waals surface area contributed by atoms with E-state index in [1.807, 2.05) is 66.9 Å². The highest BCUT2D eigenvalue weighted by molar-refractivity contribution is 9.10. The van der Waals surface area contributed by atoms with Crippen molar-refractivity contribution >= 4 is 38.6 Å². The first-order valence-electron chi connectivity index (χ1n) is 10.2. The topological polar surface area (TPSA) is 75.4 Å². The Balaban J connectivity index is 1.62. The molecule has 0 aliphatic rings. The lowest BCUT2D eigenvalue weighted by Crippen LogP contribution is -2.32. The fraction of sp³-hybridized carbons (Fsp3) is 0.160. The van der Waals surface area contributed by atoms with Gasteiger partial charge in [0.05, 0.1) is 14.2 Å². The second-order valence-electron chi connectivity index (χ2n) is 7.30. The molecule has 0 saturated heterocycles. The summed E-state index contributed by atoms with van der Waals surface area (Å²) in [4.78, 5) is 15.9. The minimum Gasteiger partial charge on any atom is -0.493 e. The molecule has 1 heterocycles. The van der Waals surface area contributed by atoms with Gasteiger partial charge in [-0.25, -0.2) is 4.79 Å². The van der Waals surface area contributed by atoms with E-state index < -0.39 is 0 Å². The molecule has 0 fully saturated rings. The highest BCUT2D eigenvalue weighted by atomic mass is 79.9. The Morgan fingerprint density at radius 3 is 2.50 bits per heavy atom. The number of nitrogens with one attached hydrogen (secondary N) is 3. The monoisotopic (exact) mass is 493 g/mol. The molecule has 164 valence electrons. The number of ether oxygens (including phenoxy) is 2. The van der Waals surface area contributed by atoms with E-state index >= 15 is 0 Å². The summed E-state index contributed by atoms with van der Waals surface area (Å²) < 4.78 is 11.9. The average Bonchev–Trinajstić information content (AvgIpc) is 3.24. The number of para-hydroxylation sites is 1. The van der Waals surface area contributed by atoms with Crippen molar-refractivity contribution in [2.75, 3.05) is 26.1 Å². The number of hydrogen-bond acceptors (Lipinski definition) is 3. The smallest absolute Gasteiger partial charge is 0.319 e. The van der Waals surface area contributed by atoms with E-state index in [-0.39, 0.29) is 11.9 Å². The minimum absolute atomic E-state index is 0.0957. The van der Waals surface area contributed by atoms with Crippen LogP contribution in [0.3, 0.4) is 0 Å². The highest BCUT2D eigenvalue weighted by Crippen LogP contribution is 2.35. The molecule has 0 saturated carbocycles. The van der Waals surface area contributed by atoms with Crippen LogP contribution in [0.25, 0.3) is 10.9 Å². The van der Waals surface area contributed by atoms with E-state index in [0.717, 1.165) is 32.2 Å². The van der Waals surface area contributed by atoms with E-state index in [9.17, 15) is 4.79 Å². The van der Waals surface area contributed by atoms with Gasteiger partial charge in [0.2, 0.25) is 0 Å². The maximum Gasteiger partial charge on any atom is 0.319 e. The van der Waals surface area contributed by atoms with Crippen LogP contribution in [-0.2, 0) is 0 Å². The second kappa shape index (κ2) is 9.78. The zero-order valence-electron chi connectivity index (χ0n) is 17.8. The molecule has 3 N–H and O–H groups in total. The first-order valence-corrected chi connectivity index (χ1v) is 11.0. The largest absolute Gasteiger partial charge is 0.493 e. The summed E-state index contributed by atoms with van der Waals surface area (Å²) in [6.07, 6.45) is 2.00. The summed E-state index contributed by atoms with van der Waals surface area (Å²) in [6, 6.07) is 21.2. The number of carbonyl (C=O) groups is 1. The fourth-order valence-corrected chi connectivity index (χ4v) is 4.03. The number of aromatic amines is 1. The van der Waals surface area contributed by atoms with Crippen molar-refractivity contribution in [2.24, 2.45) is 0 Å². The number of anilines is 1. The molecule has 32 heavy (non-hydrogen) atoms. The van der Waals surface area contributed by atoms with Crippen LogP contribution in [0.4, 0.5) is 10.5 Å². The zero-order valence-corrected chi connectivity index (χ0v) is 19.4. The van der Waals surface area contributed by atoms with Crippen LogP contribution in [0.5, 0.6) is 11.5 Å². The third kappa shape index (κ3) is 4.73. The molecule has 0 aliphatic carbocycles. The van der Waals surface area contributed by atoms with Crippen molar-refractivity contribution in [3.8, 4) is 11.5 Å². The van der Waals surface area contributed by atoms with Gasteiger partial charge in [0.15, 0.2) is 11.5 Å². The summed E-state index contributed by atoms with van der Waals surface area (Å²) in [5.41, 5.74) is 3.88. The number of urea groups is 1. The molecule has 1 atom stereocenters. The summed E-state index contributed by atoms with van der Waals surface area (Å²) in [5, 5.41) is 7.00. The van der Waals surface area contributed by atoms with Gasteiger partial charge in [-0.1, -0.05) is 40.2 Å². The number of methoxy groups -OCH3 is 2. The van der Waals surface area contributed by atoms with Crippen LogP contribution in [0.2, 0.25) is 0 Å². The number of halogens is 1. The van der Waals surface area contributed by atoms with Gasteiger partial charge in [0.1, 0.15) is 0 Å². The van der Waals surface area contributed by atoms with Gasteiger partial charge in [-0.05, 0) is 53.6 Å². The zero-order chi connectivity index (χ0) is 22.5. The first kappa shape index (κ1) is 21.8. The van der Waals surface area contributed by atoms with Gasteiger partial charge in [-0.15, -0.1) is 0 Å². The SMILES string of the molecule is COc1ccc([C@H](CNC(=O)Nc2ccc(Br)cc2)c2c[nH]c3ccccc23)cc1OC. The number of hydrogen-bond donors (Lipinski definition) is 3. The third-order valence-electron chi connectivity index (χ3n) is 5.38. The number of aromatic nitrogens is 1. The third-order valence-corrected chi connectivity index (χ3v) is 5.90. The van der Waals surface area contributed by atoms with Gasteiger partial charge < -0.3 is 25.1 Å². The molecule has 3 aromatic carbocycles. The first-order chi connectivity index (χ1) is 15.6. The van der Waals surface area contributed by atoms with Gasteiger partial charge in [0, 0.05) is 39.7 Å². The number of H-pyrrole nitrogens is 1. The maximum absolute atomic E-state index is 12.6. The molecular weight excluding hydrogens is 470 g/mol. The molecule has 0 unspecified atom stereocenters. The highest BCUT2D eigenvalue weighted by Gasteiger charge is 2.21. The Labute approximate surface area is 195 Å². The predicted molar refractivity (Wildman–Crippen MR) is 131 cm³/mol. The maximum atomic E-state index is 12.6. The lowest BCUT2D eigenvalue weighted by molar-refractivity contribution is 0.252. The normalized spacial score (nSPS) is 11.7. The van der Waals surface area contributed by atoms with E-state index in [0.29, 0.717) is 18.0 Å². The molecule has 1 aromatic heterocycles. The van der Waals surface area contributed by atoms with Crippen molar-refractivity contribution in [3.63, 3.8) is 0 Å². The lowest BCUT2D eigenvalue weighted by atomic mass is 9.90. The number of benzene rings is 3. The molecule has 0 spiro atoms. The van der Waals surface area contributed by atoms with Crippen molar-refractivity contribution in [2.45, 2.75) is 5.92 Å². The van der Waals surface area contributed by atoms with E-state index in [1.165, 1.54) is 0 Å². The Morgan fingerprint density at radius 1 is 1.00 bits per heavy atom. The van der Waals surface area contributed by atoms with Gasteiger partial charge in [-0.3, -0.25) is 0 Å². The number of rotatable bonds is 7. The number of amides is 2. The van der Waals surface area contributed by atoms with Crippen molar-refractivity contribution in [1.82, 2.24) is 10.3 Å². The molecule has 0 radical (unpaired) electrons. The molecule has 4 aromatic rings. The Kier molecular flexibility index (Phi) is 6.66. The van der Waals surface area contributed by atoms with E-state index in [2.05, 4.69) is 37.6 Å². The van der Waals surface area contributed by atoms with Crippen molar-refractivity contribution in [3.05, 3.63) is 88.5 Å². The van der Waals surface area contributed by atoms with Crippen molar-refractivity contribution in [1.29, 1.82) is 0 Å². The molecule has 6 nitrogen and oxygen atoms in total. The minimum atomic E-state index is -0.266. The van der Waals surface area contributed by atoms with E-state index in [4.69, 9.17) is 9.47 Å². The number of carbonyl (C=O) groups excluding carboxylic acids is 1. The van der Waals surface area contributed by atoms with Crippen molar-refractivity contribution < 1.29 is 14.3 Å². The summed E-state index contributed by atoms with van der Waals surface area (Å²) >= 11 is 3.40. The van der Waals surface area contributed by atoms with E-state index in [1.54, 1.807) is 14.2 Å². The molecule has 0 aliphatic heterocycles. The fourth-order valence-electron chi connectivity index (χ4n) is 3.76.